The topological polar surface area (TPSA) is 128 Å². The molecule has 12 heteroatoms. The number of aromatic nitrogens is 3. The summed E-state index contributed by atoms with van der Waals surface area (Å²) in [4.78, 5) is 24.0. The van der Waals surface area contributed by atoms with Crippen molar-refractivity contribution in [2.45, 2.75) is 51.5 Å². The molecule has 0 spiro atoms. The van der Waals surface area contributed by atoms with Crippen LogP contribution in [0, 0.1) is 18.3 Å². The van der Waals surface area contributed by atoms with Gasteiger partial charge in [-0.1, -0.05) is 19.9 Å². The predicted molar refractivity (Wildman–Crippen MR) is 127 cm³/mol. The molecule has 8 nitrogen and oxygen atoms in total. The van der Waals surface area contributed by atoms with Gasteiger partial charge in [0.15, 0.2) is 0 Å². The van der Waals surface area contributed by atoms with Crippen LogP contribution in [-0.2, 0) is 16.6 Å². The summed E-state index contributed by atoms with van der Waals surface area (Å²) in [6, 6.07) is 6.05. The lowest BCUT2D eigenvalue weighted by Crippen LogP contribution is -2.53. The molecule has 2 heterocycles. The van der Waals surface area contributed by atoms with E-state index in [4.69, 9.17) is 0 Å². The second kappa shape index (κ2) is 9.09. The molecule has 3 atom stereocenters. The van der Waals surface area contributed by atoms with Crippen molar-refractivity contribution < 1.29 is 33.3 Å². The van der Waals surface area contributed by atoms with Crippen LogP contribution in [0.1, 0.15) is 43.0 Å². The molecule has 4 N–H and O–H groups in total. The Kier molecular flexibility index (Phi) is 6.56. The van der Waals surface area contributed by atoms with Crippen molar-refractivity contribution in [2.75, 3.05) is 5.32 Å². The zero-order valence-corrected chi connectivity index (χ0v) is 20.5. The number of benzene rings is 1. The van der Waals surface area contributed by atoms with Crippen LogP contribution in [0.3, 0.4) is 0 Å². The Hall–Kier alpha value is -3.09. The summed E-state index contributed by atoms with van der Waals surface area (Å²) in [5.74, 6) is -2.04. The zero-order chi connectivity index (χ0) is 26.5. The summed E-state index contributed by atoms with van der Waals surface area (Å²) < 4.78 is 39.0. The van der Waals surface area contributed by atoms with Crippen molar-refractivity contribution in [3.63, 3.8) is 0 Å². The highest BCUT2D eigenvalue weighted by Gasteiger charge is 2.54. The smallest absolute Gasteiger partial charge is 0.433 e. The number of halogens is 3. The van der Waals surface area contributed by atoms with Gasteiger partial charge in [0.05, 0.1) is 16.9 Å². The second-order valence-corrected chi connectivity index (χ2v) is 10.8. The Labute approximate surface area is 208 Å². The molecule has 1 aliphatic rings. The van der Waals surface area contributed by atoms with Gasteiger partial charge in [-0.2, -0.15) is 13.2 Å². The second-order valence-electron chi connectivity index (χ2n) is 9.74. The highest BCUT2D eigenvalue weighted by Crippen LogP contribution is 2.51. The zero-order valence-electron chi connectivity index (χ0n) is 19.7. The maximum Gasteiger partial charge on any atom is 0.433 e. The van der Waals surface area contributed by atoms with E-state index in [0.29, 0.717) is 16.1 Å². The molecule has 1 fully saturated rings. The van der Waals surface area contributed by atoms with Crippen molar-refractivity contribution >= 4 is 28.9 Å². The number of aryl methyl sites for hydroxylation is 1. The number of carboxylic acid groups (broad SMARTS) is 1. The standard InChI is InChI=1S/C24H25F3N4O4S/c1-12-6-13(8-14(7-12)30-21-28-5-4-17(31-21)24(25,26)27)16-10-29-20(36-16)23(35)11-22(2,3)15(19(33)34)9-18(23)32/h4-8,10,15,18,32,35H,9,11H2,1-3H3,(H,33,34)(H,28,30,31)/t15?,18-,23+/m1/s1. The van der Waals surface area contributed by atoms with Gasteiger partial charge in [0.1, 0.15) is 16.3 Å². The van der Waals surface area contributed by atoms with Crippen molar-refractivity contribution in [3.05, 3.63) is 52.9 Å². The minimum absolute atomic E-state index is 0.0125. The molecule has 0 radical (unpaired) electrons. The van der Waals surface area contributed by atoms with E-state index < -0.39 is 40.9 Å². The molecule has 1 unspecified atom stereocenters. The van der Waals surface area contributed by atoms with Gasteiger partial charge in [0.25, 0.3) is 0 Å². The number of carbonyl (C=O) groups is 1. The van der Waals surface area contributed by atoms with Gasteiger partial charge in [0.2, 0.25) is 5.95 Å². The van der Waals surface area contributed by atoms with Crippen molar-refractivity contribution in [3.8, 4) is 10.4 Å². The Morgan fingerprint density at radius 2 is 1.94 bits per heavy atom. The average molecular weight is 523 g/mol. The lowest BCUT2D eigenvalue weighted by molar-refractivity contribution is -0.175. The number of carboxylic acids is 1. The van der Waals surface area contributed by atoms with E-state index in [2.05, 4.69) is 20.3 Å². The first-order chi connectivity index (χ1) is 16.7. The quantitative estimate of drug-likeness (QED) is 0.378. The lowest BCUT2D eigenvalue weighted by atomic mass is 9.62. The minimum Gasteiger partial charge on any atom is -0.481 e. The SMILES string of the molecule is Cc1cc(Nc2nccc(C(F)(F)F)n2)cc(-c2cnc([C@]3(O)CC(C)(C)C(C(=O)O)C[C@H]3O)s2)c1. The van der Waals surface area contributed by atoms with Gasteiger partial charge in [-0.25, -0.2) is 15.0 Å². The van der Waals surface area contributed by atoms with Gasteiger partial charge in [-0.3, -0.25) is 4.79 Å². The Balaban J connectivity index is 1.62. The largest absolute Gasteiger partial charge is 0.481 e. The molecule has 1 aliphatic carbocycles. The number of alkyl halides is 3. The van der Waals surface area contributed by atoms with Crippen LogP contribution in [0.25, 0.3) is 10.4 Å². The van der Waals surface area contributed by atoms with E-state index in [1.54, 1.807) is 32.2 Å². The molecule has 0 amide bonds. The molecule has 192 valence electrons. The Bertz CT molecular complexity index is 1300. The van der Waals surface area contributed by atoms with Crippen LogP contribution in [0.4, 0.5) is 24.8 Å². The molecule has 0 aliphatic heterocycles. The van der Waals surface area contributed by atoms with Crippen molar-refractivity contribution in [2.24, 2.45) is 11.3 Å². The van der Waals surface area contributed by atoms with Gasteiger partial charge >= 0.3 is 12.1 Å². The summed E-state index contributed by atoms with van der Waals surface area (Å²) in [5.41, 5.74) is -1.61. The Morgan fingerprint density at radius 3 is 2.61 bits per heavy atom. The predicted octanol–water partition coefficient (Wildman–Crippen LogP) is 4.74. The average Bonchev–Trinajstić information content (AvgIpc) is 3.26. The molecule has 3 aromatic rings. The summed E-state index contributed by atoms with van der Waals surface area (Å²) in [7, 11) is 0. The number of nitrogens with one attached hydrogen (secondary N) is 1. The van der Waals surface area contributed by atoms with Crippen LogP contribution in [0.15, 0.2) is 36.7 Å². The lowest BCUT2D eigenvalue weighted by Gasteiger charge is -2.47. The van der Waals surface area contributed by atoms with Crippen LogP contribution in [0.2, 0.25) is 0 Å². The third kappa shape index (κ3) is 5.06. The van der Waals surface area contributed by atoms with E-state index in [0.717, 1.165) is 29.2 Å². The third-order valence-corrected chi connectivity index (χ3v) is 7.63. The summed E-state index contributed by atoms with van der Waals surface area (Å²) in [6.45, 7) is 5.30. The number of anilines is 2. The van der Waals surface area contributed by atoms with Crippen molar-refractivity contribution in [1.82, 2.24) is 15.0 Å². The summed E-state index contributed by atoms with van der Waals surface area (Å²) in [6.07, 6.45) is -3.43. The fourth-order valence-electron chi connectivity index (χ4n) is 4.64. The van der Waals surface area contributed by atoms with Crippen LogP contribution >= 0.6 is 11.3 Å². The van der Waals surface area contributed by atoms with E-state index in [1.165, 1.54) is 0 Å². The minimum atomic E-state index is -4.60. The molecule has 2 aromatic heterocycles. The number of hydrogen-bond donors (Lipinski definition) is 4. The first kappa shape index (κ1) is 26.0. The Morgan fingerprint density at radius 1 is 1.22 bits per heavy atom. The van der Waals surface area contributed by atoms with Crippen LogP contribution in [-0.4, -0.2) is 42.3 Å². The van der Waals surface area contributed by atoms with Gasteiger partial charge in [-0.15, -0.1) is 11.3 Å². The number of rotatable bonds is 5. The van der Waals surface area contributed by atoms with Crippen LogP contribution < -0.4 is 5.32 Å². The maximum absolute atomic E-state index is 13.0. The van der Waals surface area contributed by atoms with E-state index in [1.807, 2.05) is 13.0 Å². The fourth-order valence-corrected chi connectivity index (χ4v) is 5.68. The van der Waals surface area contributed by atoms with Gasteiger partial charge in [-0.05, 0) is 54.5 Å². The van der Waals surface area contributed by atoms with Crippen LogP contribution in [0.5, 0.6) is 0 Å². The number of aliphatic hydroxyl groups excluding tert-OH is 1. The van der Waals surface area contributed by atoms with E-state index in [9.17, 15) is 33.3 Å². The number of nitrogens with zero attached hydrogens (tertiary/aromatic N) is 3. The number of aliphatic carboxylic acids is 1. The van der Waals surface area contributed by atoms with Gasteiger partial charge < -0.3 is 20.6 Å². The van der Waals surface area contributed by atoms with E-state index in [-0.39, 0.29) is 23.8 Å². The summed E-state index contributed by atoms with van der Waals surface area (Å²) >= 11 is 1.16. The normalized spacial score (nSPS) is 23.9. The molecule has 4 rings (SSSR count). The highest BCUT2D eigenvalue weighted by molar-refractivity contribution is 7.15. The molecular weight excluding hydrogens is 497 g/mol. The molecule has 1 aromatic carbocycles. The molecule has 0 saturated heterocycles. The van der Waals surface area contributed by atoms with Gasteiger partial charge in [0, 0.05) is 18.1 Å². The number of aliphatic hydroxyl groups is 2. The highest BCUT2D eigenvalue weighted by atomic mass is 32.1. The molecular formula is C24H25F3N4O4S. The monoisotopic (exact) mass is 522 g/mol. The van der Waals surface area contributed by atoms with E-state index >= 15 is 0 Å². The molecule has 0 bridgehead atoms. The molecule has 1 saturated carbocycles. The third-order valence-electron chi connectivity index (χ3n) is 6.42. The summed E-state index contributed by atoms with van der Waals surface area (Å²) in [5, 5.41) is 34.7. The fraction of sp³-hybridized carbons (Fsp3) is 0.417. The number of hydrogen-bond acceptors (Lipinski definition) is 8. The molecule has 36 heavy (non-hydrogen) atoms. The number of thiazole rings is 1. The maximum atomic E-state index is 13.0. The first-order valence-corrected chi connectivity index (χ1v) is 11.9. The van der Waals surface area contributed by atoms with Crippen molar-refractivity contribution in [1.29, 1.82) is 0 Å². The first-order valence-electron chi connectivity index (χ1n) is 11.1.